The Morgan fingerprint density at radius 3 is 2.64 bits per heavy atom. The largest absolute Gasteiger partial charge is 0.507 e. The highest BCUT2D eigenvalue weighted by molar-refractivity contribution is 6.11. The molecule has 0 radical (unpaired) electrons. The maximum absolute atomic E-state index is 13.2. The van der Waals surface area contributed by atoms with E-state index in [9.17, 15) is 14.7 Å². The lowest BCUT2D eigenvalue weighted by Crippen LogP contribution is -2.27. The van der Waals surface area contributed by atoms with Crippen LogP contribution in [-0.4, -0.2) is 29.4 Å². The van der Waals surface area contributed by atoms with Gasteiger partial charge in [-0.1, -0.05) is 29.3 Å². The summed E-state index contributed by atoms with van der Waals surface area (Å²) in [7, 11) is 1.86. The van der Waals surface area contributed by atoms with Crippen LogP contribution < -0.4 is 5.43 Å². The number of hydrogen-bond acceptors (Lipinski definition) is 5. The molecule has 2 heterocycles. The van der Waals surface area contributed by atoms with Crippen molar-refractivity contribution in [1.82, 2.24) is 4.90 Å². The average molecular weight is 375 g/mol. The van der Waals surface area contributed by atoms with Gasteiger partial charge in [-0.2, -0.15) is 0 Å². The highest BCUT2D eigenvalue weighted by Gasteiger charge is 2.34. The van der Waals surface area contributed by atoms with E-state index in [-0.39, 0.29) is 22.5 Å². The molecule has 2 aromatic carbocycles. The number of likely N-dealkylation sites (N-methyl/N-ethyl adjacent to an activating group) is 1. The van der Waals surface area contributed by atoms with Crippen LogP contribution in [0, 0.1) is 13.8 Å². The predicted molar refractivity (Wildman–Crippen MR) is 108 cm³/mol. The smallest absolute Gasteiger partial charge is 0.197 e. The number of fused-ring (bicyclic) bond motifs is 1. The molecule has 0 bridgehead atoms. The van der Waals surface area contributed by atoms with Gasteiger partial charge in [-0.15, -0.1) is 0 Å². The van der Waals surface area contributed by atoms with E-state index in [1.165, 1.54) is 12.3 Å². The Morgan fingerprint density at radius 2 is 1.86 bits per heavy atom. The lowest BCUT2D eigenvalue weighted by atomic mass is 9.92. The van der Waals surface area contributed by atoms with Crippen LogP contribution in [0.15, 0.2) is 63.5 Å². The Bertz CT molecular complexity index is 1190. The number of aromatic hydroxyl groups is 1. The Kier molecular flexibility index (Phi) is 4.40. The zero-order valence-electron chi connectivity index (χ0n) is 16.0. The summed E-state index contributed by atoms with van der Waals surface area (Å²) in [5.74, 6) is -0.342. The second-order valence-electron chi connectivity index (χ2n) is 7.37. The fourth-order valence-corrected chi connectivity index (χ4v) is 3.75. The summed E-state index contributed by atoms with van der Waals surface area (Å²) in [6.07, 6.45) is 3.26. The molecule has 0 saturated heterocycles. The number of nitrogens with zero attached hydrogens (tertiary/aromatic N) is 1. The number of aryl methyl sites for hydroxylation is 2. The molecule has 0 amide bonds. The zero-order chi connectivity index (χ0) is 20.0. The van der Waals surface area contributed by atoms with Crippen LogP contribution in [-0.2, 0) is 0 Å². The first kappa shape index (κ1) is 18.2. The van der Waals surface area contributed by atoms with E-state index in [1.807, 2.05) is 37.9 Å². The SMILES string of the molecule is Cc1ccc(O)c(C(=O)C2=CCN(C)C2c2coc3ccc(C)cc3c2=O)c1. The molecule has 1 atom stereocenters. The van der Waals surface area contributed by atoms with E-state index in [4.69, 9.17) is 4.42 Å². The number of carbonyl (C=O) groups is 1. The zero-order valence-corrected chi connectivity index (χ0v) is 16.0. The summed E-state index contributed by atoms with van der Waals surface area (Å²) < 4.78 is 5.70. The van der Waals surface area contributed by atoms with E-state index in [2.05, 4.69) is 0 Å². The van der Waals surface area contributed by atoms with Crippen molar-refractivity contribution in [3.63, 3.8) is 0 Å². The van der Waals surface area contributed by atoms with Crippen molar-refractivity contribution in [1.29, 1.82) is 0 Å². The van der Waals surface area contributed by atoms with Gasteiger partial charge < -0.3 is 9.52 Å². The number of phenols is 1. The second kappa shape index (κ2) is 6.77. The molecule has 3 aromatic rings. The monoisotopic (exact) mass is 375 g/mol. The highest BCUT2D eigenvalue weighted by atomic mass is 16.3. The molecule has 28 heavy (non-hydrogen) atoms. The van der Waals surface area contributed by atoms with Crippen molar-refractivity contribution >= 4 is 16.8 Å². The second-order valence-corrected chi connectivity index (χ2v) is 7.37. The standard InChI is InChI=1S/C23H21NO4/c1-13-4-6-19(25)16(10-13)22(26)15-8-9-24(3)21(15)18-12-28-20-7-5-14(2)11-17(20)23(18)27/h4-8,10-12,21,25H,9H2,1-3H3. The number of rotatable bonds is 3. The third kappa shape index (κ3) is 2.94. The molecule has 1 N–H and O–H groups in total. The van der Waals surface area contributed by atoms with Crippen LogP contribution in [0.1, 0.15) is 33.1 Å². The van der Waals surface area contributed by atoms with E-state index in [0.717, 1.165) is 11.1 Å². The molecule has 0 saturated carbocycles. The number of carbonyl (C=O) groups excluding carboxylic acids is 1. The van der Waals surface area contributed by atoms with Gasteiger partial charge in [-0.3, -0.25) is 14.5 Å². The number of Topliss-reactive ketones (excluding diaryl/α,β-unsaturated/α-hetero) is 1. The fourth-order valence-electron chi connectivity index (χ4n) is 3.75. The van der Waals surface area contributed by atoms with E-state index < -0.39 is 6.04 Å². The topological polar surface area (TPSA) is 70.8 Å². The van der Waals surface area contributed by atoms with Crippen LogP contribution in [0.4, 0.5) is 0 Å². The van der Waals surface area contributed by atoms with Gasteiger partial charge in [0.25, 0.3) is 0 Å². The van der Waals surface area contributed by atoms with Crippen molar-refractivity contribution < 1.29 is 14.3 Å². The summed E-state index contributed by atoms with van der Waals surface area (Å²) in [6.45, 7) is 4.31. The van der Waals surface area contributed by atoms with Gasteiger partial charge in [0.05, 0.1) is 22.6 Å². The summed E-state index contributed by atoms with van der Waals surface area (Å²) >= 11 is 0. The molecular formula is C23H21NO4. The quantitative estimate of drug-likeness (QED) is 0.703. The number of phenolic OH excluding ortho intramolecular Hbond substituents is 1. The van der Waals surface area contributed by atoms with E-state index in [1.54, 1.807) is 24.3 Å². The molecular weight excluding hydrogens is 354 g/mol. The van der Waals surface area contributed by atoms with Crippen LogP contribution in [0.5, 0.6) is 5.75 Å². The van der Waals surface area contributed by atoms with Gasteiger partial charge in [0.2, 0.25) is 0 Å². The third-order valence-electron chi connectivity index (χ3n) is 5.24. The lowest BCUT2D eigenvalue weighted by molar-refractivity contribution is 0.101. The summed E-state index contributed by atoms with van der Waals surface area (Å²) in [5, 5.41) is 10.7. The van der Waals surface area contributed by atoms with Crippen LogP contribution in [0.25, 0.3) is 11.0 Å². The Balaban J connectivity index is 1.83. The minimum absolute atomic E-state index is 0.0639. The van der Waals surface area contributed by atoms with Crippen LogP contribution in [0.2, 0.25) is 0 Å². The molecule has 4 rings (SSSR count). The number of benzene rings is 2. The molecule has 0 spiro atoms. The van der Waals surface area contributed by atoms with Gasteiger partial charge in [0.1, 0.15) is 17.6 Å². The van der Waals surface area contributed by atoms with Gasteiger partial charge in [-0.05, 0) is 45.2 Å². The van der Waals surface area contributed by atoms with Gasteiger partial charge in [0, 0.05) is 12.1 Å². The van der Waals surface area contributed by atoms with Crippen LogP contribution in [0.3, 0.4) is 0 Å². The first-order valence-electron chi connectivity index (χ1n) is 9.13. The molecule has 5 nitrogen and oxygen atoms in total. The first-order chi connectivity index (χ1) is 13.4. The summed E-state index contributed by atoms with van der Waals surface area (Å²) in [6, 6.07) is 9.89. The van der Waals surface area contributed by atoms with Crippen LogP contribution >= 0.6 is 0 Å². The summed E-state index contributed by atoms with van der Waals surface area (Å²) in [5.41, 5.74) is 3.36. The van der Waals surface area contributed by atoms with E-state index in [0.29, 0.717) is 28.7 Å². The normalized spacial score (nSPS) is 17.1. The molecule has 1 aliphatic heterocycles. The van der Waals surface area contributed by atoms with Crippen molar-refractivity contribution in [2.45, 2.75) is 19.9 Å². The Morgan fingerprint density at radius 1 is 1.14 bits per heavy atom. The molecule has 1 unspecified atom stereocenters. The van der Waals surface area contributed by atoms with Gasteiger partial charge in [-0.25, -0.2) is 0 Å². The van der Waals surface area contributed by atoms with E-state index >= 15 is 0 Å². The minimum Gasteiger partial charge on any atom is -0.507 e. The molecule has 5 heteroatoms. The maximum Gasteiger partial charge on any atom is 0.197 e. The highest BCUT2D eigenvalue weighted by Crippen LogP contribution is 2.35. The molecule has 0 aliphatic carbocycles. The average Bonchev–Trinajstić information content (AvgIpc) is 3.05. The Labute approximate surface area is 162 Å². The first-order valence-corrected chi connectivity index (χ1v) is 9.13. The fraction of sp³-hybridized carbons (Fsp3) is 0.217. The van der Waals surface area contributed by atoms with Crippen molar-refractivity contribution in [2.24, 2.45) is 0 Å². The molecule has 1 aliphatic rings. The van der Waals surface area contributed by atoms with Gasteiger partial charge >= 0.3 is 0 Å². The molecule has 1 aromatic heterocycles. The van der Waals surface area contributed by atoms with Gasteiger partial charge in [0.15, 0.2) is 11.2 Å². The van der Waals surface area contributed by atoms with Crippen molar-refractivity contribution in [3.05, 3.63) is 86.8 Å². The third-order valence-corrected chi connectivity index (χ3v) is 5.24. The van der Waals surface area contributed by atoms with Crippen molar-refractivity contribution in [3.8, 4) is 5.75 Å². The molecule has 0 fully saturated rings. The summed E-state index contributed by atoms with van der Waals surface area (Å²) in [4.78, 5) is 28.3. The number of hydrogen-bond donors (Lipinski definition) is 1. The lowest BCUT2D eigenvalue weighted by Gasteiger charge is -2.22. The minimum atomic E-state index is -0.520. The van der Waals surface area contributed by atoms with Crippen molar-refractivity contribution in [2.75, 3.05) is 13.6 Å². The number of ketones is 1. The Hall–Kier alpha value is -3.18. The molecule has 142 valence electrons. The predicted octanol–water partition coefficient (Wildman–Crippen LogP) is 3.91. The maximum atomic E-state index is 13.2.